The number of hydrogen-bond donors (Lipinski definition) is 1. The van der Waals surface area contributed by atoms with E-state index in [9.17, 15) is 9.90 Å². The minimum absolute atomic E-state index is 0.0411. The summed E-state index contributed by atoms with van der Waals surface area (Å²) < 4.78 is 10.4. The number of carbonyl (C=O) groups is 1. The number of esters is 1. The van der Waals surface area contributed by atoms with Crippen molar-refractivity contribution < 1.29 is 19.1 Å². The third-order valence-electron chi connectivity index (χ3n) is 2.43. The molecule has 1 aromatic heterocycles. The van der Waals surface area contributed by atoms with Crippen LogP contribution in [0, 0.1) is 4.71 Å². The third kappa shape index (κ3) is 2.80. The van der Waals surface area contributed by atoms with Gasteiger partial charge in [-0.2, -0.15) is 0 Å². The van der Waals surface area contributed by atoms with E-state index in [2.05, 4.69) is 0 Å². The molecule has 0 aliphatic heterocycles. The van der Waals surface area contributed by atoms with Crippen molar-refractivity contribution in [2.75, 3.05) is 6.61 Å². The maximum Gasteiger partial charge on any atom is 0.349 e. The lowest BCUT2D eigenvalue weighted by Gasteiger charge is -2.07. The number of ether oxygens (including phenoxy) is 1. The molecule has 2 rings (SSSR count). The van der Waals surface area contributed by atoms with Gasteiger partial charge in [0, 0.05) is 23.1 Å². The topological polar surface area (TPSA) is 59.7 Å². The number of fused-ring (bicyclic) bond motifs is 1. The molecule has 2 aromatic rings. The van der Waals surface area contributed by atoms with Gasteiger partial charge in [0.15, 0.2) is 4.71 Å². The highest BCUT2D eigenvalue weighted by Crippen LogP contribution is 2.24. The van der Waals surface area contributed by atoms with E-state index in [0.717, 1.165) is 0 Å². The van der Waals surface area contributed by atoms with Crippen LogP contribution in [0.15, 0.2) is 28.7 Å². The molecule has 1 heterocycles. The number of thiocarbonyl (C=S) groups is 1. The van der Waals surface area contributed by atoms with Gasteiger partial charge in [-0.05, 0) is 31.3 Å². The standard InChI is InChI=1S/C13H10O4S2/c1-2-16-13(15)12(19)9-6-11(18)17-10-5-7(14)3-4-8(9)10/h3-6,14H,2H2,1H3. The van der Waals surface area contributed by atoms with Gasteiger partial charge in [0.1, 0.15) is 16.2 Å². The van der Waals surface area contributed by atoms with Crippen molar-refractivity contribution in [3.05, 3.63) is 34.5 Å². The summed E-state index contributed by atoms with van der Waals surface area (Å²) in [5, 5.41) is 10.0. The third-order valence-corrected chi connectivity index (χ3v) is 3.02. The Morgan fingerprint density at radius 3 is 2.84 bits per heavy atom. The molecule has 0 spiro atoms. The highest BCUT2D eigenvalue weighted by Gasteiger charge is 2.17. The van der Waals surface area contributed by atoms with Gasteiger partial charge in [-0.25, -0.2) is 4.79 Å². The number of rotatable bonds is 3. The Kier molecular flexibility index (Phi) is 3.92. The summed E-state index contributed by atoms with van der Waals surface area (Å²) in [5.74, 6) is -0.530. The first-order valence-corrected chi connectivity index (χ1v) is 6.33. The Hall–Kier alpha value is -1.79. The zero-order valence-electron chi connectivity index (χ0n) is 10.0. The second-order valence-electron chi connectivity index (χ2n) is 3.71. The van der Waals surface area contributed by atoms with E-state index in [0.29, 0.717) is 16.5 Å². The molecule has 1 N–H and O–H groups in total. The monoisotopic (exact) mass is 294 g/mol. The Labute approximate surface area is 119 Å². The molecule has 4 nitrogen and oxygen atoms in total. The minimum atomic E-state index is -0.576. The molecular weight excluding hydrogens is 284 g/mol. The van der Waals surface area contributed by atoms with Crippen LogP contribution in [0.1, 0.15) is 12.5 Å². The van der Waals surface area contributed by atoms with Gasteiger partial charge < -0.3 is 14.3 Å². The largest absolute Gasteiger partial charge is 0.508 e. The molecule has 0 aliphatic rings. The summed E-state index contributed by atoms with van der Waals surface area (Å²) >= 11 is 10.1. The number of aromatic hydroxyl groups is 1. The predicted molar refractivity (Wildman–Crippen MR) is 77.0 cm³/mol. The molecule has 98 valence electrons. The van der Waals surface area contributed by atoms with Crippen LogP contribution >= 0.6 is 24.4 Å². The molecule has 0 unspecified atom stereocenters. The number of phenolic OH excluding ortho intramolecular Hbond substituents is 1. The molecule has 0 saturated carbocycles. The number of hydrogen-bond acceptors (Lipinski definition) is 6. The lowest BCUT2D eigenvalue weighted by atomic mass is 10.1. The molecule has 6 heteroatoms. The first kappa shape index (κ1) is 13.6. The van der Waals surface area contributed by atoms with E-state index in [4.69, 9.17) is 33.6 Å². The van der Waals surface area contributed by atoms with Crippen LogP contribution in [0.5, 0.6) is 5.75 Å². The lowest BCUT2D eigenvalue weighted by molar-refractivity contribution is -0.134. The average Bonchev–Trinajstić information content (AvgIpc) is 2.36. The highest BCUT2D eigenvalue weighted by molar-refractivity contribution is 7.82. The average molecular weight is 294 g/mol. The highest BCUT2D eigenvalue weighted by atomic mass is 32.1. The second kappa shape index (κ2) is 5.46. The zero-order chi connectivity index (χ0) is 14.0. The summed E-state index contributed by atoms with van der Waals surface area (Å²) in [6.07, 6.45) is 0. The fraction of sp³-hybridized carbons (Fsp3) is 0.154. The summed E-state index contributed by atoms with van der Waals surface area (Å²) in [5.41, 5.74) is 0.842. The van der Waals surface area contributed by atoms with Gasteiger partial charge >= 0.3 is 5.97 Å². The summed E-state index contributed by atoms with van der Waals surface area (Å²) in [6, 6.07) is 6.03. The first-order valence-electron chi connectivity index (χ1n) is 5.51. The fourth-order valence-electron chi connectivity index (χ4n) is 1.65. The molecule has 0 aliphatic carbocycles. The van der Waals surface area contributed by atoms with Gasteiger partial charge in [-0.3, -0.25) is 0 Å². The van der Waals surface area contributed by atoms with Crippen molar-refractivity contribution >= 4 is 46.2 Å². The zero-order valence-corrected chi connectivity index (χ0v) is 11.6. The first-order chi connectivity index (χ1) is 9.02. The van der Waals surface area contributed by atoms with Crippen molar-refractivity contribution in [3.63, 3.8) is 0 Å². The van der Waals surface area contributed by atoms with Crippen LogP contribution < -0.4 is 0 Å². The van der Waals surface area contributed by atoms with Crippen molar-refractivity contribution in [3.8, 4) is 5.75 Å². The molecule has 0 atom stereocenters. The van der Waals surface area contributed by atoms with Crippen LogP contribution in [-0.4, -0.2) is 22.5 Å². The van der Waals surface area contributed by atoms with Gasteiger partial charge in [-0.1, -0.05) is 12.2 Å². The Bertz CT molecular complexity index is 718. The molecule has 0 radical (unpaired) electrons. The Balaban J connectivity index is 2.63. The minimum Gasteiger partial charge on any atom is -0.508 e. The maximum atomic E-state index is 11.7. The van der Waals surface area contributed by atoms with Crippen LogP contribution in [0.2, 0.25) is 0 Å². The Morgan fingerprint density at radius 2 is 2.16 bits per heavy atom. The van der Waals surface area contributed by atoms with Crippen molar-refractivity contribution in [1.29, 1.82) is 0 Å². The van der Waals surface area contributed by atoms with Crippen molar-refractivity contribution in [2.45, 2.75) is 6.92 Å². The molecule has 0 bridgehead atoms. The van der Waals surface area contributed by atoms with Crippen molar-refractivity contribution in [1.82, 2.24) is 0 Å². The van der Waals surface area contributed by atoms with Gasteiger partial charge in [-0.15, -0.1) is 0 Å². The summed E-state index contributed by atoms with van der Waals surface area (Å²) in [7, 11) is 0. The lowest BCUT2D eigenvalue weighted by Crippen LogP contribution is -2.16. The van der Waals surface area contributed by atoms with Crippen LogP contribution in [0.3, 0.4) is 0 Å². The molecule has 1 aromatic carbocycles. The van der Waals surface area contributed by atoms with Crippen molar-refractivity contribution in [2.24, 2.45) is 0 Å². The van der Waals surface area contributed by atoms with Gasteiger partial charge in [0.25, 0.3) is 0 Å². The molecule has 0 saturated heterocycles. The van der Waals surface area contributed by atoms with Crippen LogP contribution in [0.25, 0.3) is 11.0 Å². The summed E-state index contributed by atoms with van der Waals surface area (Å²) in [6.45, 7) is 1.95. The normalized spacial score (nSPS) is 10.4. The van der Waals surface area contributed by atoms with E-state index >= 15 is 0 Å². The number of carbonyl (C=O) groups excluding carboxylic acids is 1. The maximum absolute atomic E-state index is 11.7. The quantitative estimate of drug-likeness (QED) is 0.533. The fourth-order valence-corrected chi connectivity index (χ4v) is 2.08. The number of benzene rings is 1. The van der Waals surface area contributed by atoms with E-state index in [1.165, 1.54) is 18.2 Å². The summed E-state index contributed by atoms with van der Waals surface area (Å²) in [4.78, 5) is 11.7. The molecule has 0 amide bonds. The van der Waals surface area contributed by atoms with E-state index in [-0.39, 0.29) is 21.9 Å². The van der Waals surface area contributed by atoms with Crippen LogP contribution in [0.4, 0.5) is 0 Å². The second-order valence-corrected chi connectivity index (χ2v) is 4.52. The van der Waals surface area contributed by atoms with E-state index in [1.807, 2.05) is 0 Å². The SMILES string of the molecule is CCOC(=O)C(=S)c1cc(=S)oc2cc(O)ccc12. The van der Waals surface area contributed by atoms with Gasteiger partial charge in [0.2, 0.25) is 0 Å². The molecule has 19 heavy (non-hydrogen) atoms. The van der Waals surface area contributed by atoms with Gasteiger partial charge in [0.05, 0.1) is 6.61 Å². The number of phenols is 1. The van der Waals surface area contributed by atoms with E-state index < -0.39 is 5.97 Å². The smallest absolute Gasteiger partial charge is 0.349 e. The van der Waals surface area contributed by atoms with E-state index in [1.54, 1.807) is 13.0 Å². The molecular formula is C13H10O4S2. The Morgan fingerprint density at radius 1 is 1.42 bits per heavy atom. The molecule has 0 fully saturated rings. The van der Waals surface area contributed by atoms with Crippen LogP contribution in [-0.2, 0) is 9.53 Å². The predicted octanol–water partition coefficient (Wildman–Crippen LogP) is 3.15.